The number of piperidine rings is 3. The molecule has 2 bridgehead atoms. The summed E-state index contributed by atoms with van der Waals surface area (Å²) < 4.78 is 0. The first-order valence-corrected chi connectivity index (χ1v) is 11.8. The van der Waals surface area contributed by atoms with Crippen molar-refractivity contribution >= 4 is 41.2 Å². The quantitative estimate of drug-likeness (QED) is 0.508. The highest BCUT2D eigenvalue weighted by Gasteiger charge is 2.49. The third-order valence-corrected chi connectivity index (χ3v) is 6.99. The standard InChI is InChI=1S/C19H29N5O2S.2CH2O2/c1-22(2)12-17(25)21-9-16-14-8-13(15-4-3-5-18(26)24(15)16)10-23(11-14)19-20-6-7-27-19;2*2-1-3/h6-7,13-16H,3-5,8-12H2,1-2H3,(H,21,25);2*1H,(H,2,3)/t13-,14+,15+,16+;;/m1../s1. The number of hydrogen-bond donors (Lipinski definition) is 3. The molecule has 11 nitrogen and oxygen atoms in total. The van der Waals surface area contributed by atoms with Crippen molar-refractivity contribution in [2.45, 2.75) is 37.8 Å². The number of fused-ring (bicyclic) bond motifs is 4. The number of rotatable bonds is 5. The predicted octanol–water partition coefficient (Wildman–Crippen LogP) is 0.428. The van der Waals surface area contributed by atoms with Crippen LogP contribution in [0.2, 0.25) is 0 Å². The molecule has 0 unspecified atom stereocenters. The zero-order valence-corrected chi connectivity index (χ0v) is 19.8. The minimum atomic E-state index is -0.250. The fourth-order valence-electron chi connectivity index (χ4n) is 5.13. The lowest BCUT2D eigenvalue weighted by molar-refractivity contribution is -0.149. The van der Waals surface area contributed by atoms with Gasteiger partial charge in [0.05, 0.1) is 12.6 Å². The van der Waals surface area contributed by atoms with E-state index in [1.54, 1.807) is 11.3 Å². The Bertz CT molecular complexity index is 771. The van der Waals surface area contributed by atoms with Crippen molar-refractivity contribution in [3.63, 3.8) is 0 Å². The lowest BCUT2D eigenvalue weighted by Crippen LogP contribution is -2.67. The van der Waals surface area contributed by atoms with Gasteiger partial charge in [-0.3, -0.25) is 19.2 Å². The molecule has 184 valence electrons. The van der Waals surface area contributed by atoms with E-state index in [4.69, 9.17) is 19.8 Å². The molecule has 0 radical (unpaired) electrons. The molecule has 0 spiro atoms. The molecule has 3 fully saturated rings. The maximum absolute atomic E-state index is 12.8. The Morgan fingerprint density at radius 3 is 2.55 bits per heavy atom. The average molecular weight is 484 g/mol. The highest BCUT2D eigenvalue weighted by molar-refractivity contribution is 7.13. The highest BCUT2D eigenvalue weighted by Crippen LogP contribution is 2.42. The Morgan fingerprint density at radius 2 is 1.94 bits per heavy atom. The summed E-state index contributed by atoms with van der Waals surface area (Å²) in [5, 5.41) is 20.0. The molecule has 3 N–H and O–H groups in total. The number of thiazole rings is 1. The zero-order chi connectivity index (χ0) is 24.4. The van der Waals surface area contributed by atoms with E-state index in [1.807, 2.05) is 30.6 Å². The van der Waals surface area contributed by atoms with Crippen LogP contribution < -0.4 is 10.2 Å². The molecule has 3 aliphatic heterocycles. The lowest BCUT2D eigenvalue weighted by Gasteiger charge is -2.56. The van der Waals surface area contributed by atoms with E-state index in [1.165, 1.54) is 0 Å². The molecule has 3 aliphatic rings. The maximum Gasteiger partial charge on any atom is 0.290 e. The molecule has 33 heavy (non-hydrogen) atoms. The first kappa shape index (κ1) is 26.5. The first-order valence-electron chi connectivity index (χ1n) is 10.9. The largest absolute Gasteiger partial charge is 0.483 e. The summed E-state index contributed by atoms with van der Waals surface area (Å²) in [4.78, 5) is 52.6. The summed E-state index contributed by atoms with van der Waals surface area (Å²) in [6, 6.07) is 0.397. The summed E-state index contributed by atoms with van der Waals surface area (Å²) in [6.45, 7) is 2.33. The van der Waals surface area contributed by atoms with Crippen molar-refractivity contribution in [2.24, 2.45) is 11.8 Å². The van der Waals surface area contributed by atoms with Gasteiger partial charge in [-0.25, -0.2) is 4.98 Å². The van der Waals surface area contributed by atoms with E-state index in [2.05, 4.69) is 20.1 Å². The van der Waals surface area contributed by atoms with Crippen molar-refractivity contribution in [3.8, 4) is 0 Å². The summed E-state index contributed by atoms with van der Waals surface area (Å²) in [7, 11) is 3.78. The molecule has 4 rings (SSSR count). The van der Waals surface area contributed by atoms with Crippen molar-refractivity contribution in [3.05, 3.63) is 11.6 Å². The summed E-state index contributed by atoms with van der Waals surface area (Å²) in [6.07, 6.45) is 5.72. The molecule has 0 aromatic carbocycles. The lowest BCUT2D eigenvalue weighted by atomic mass is 9.72. The molecule has 3 saturated heterocycles. The van der Waals surface area contributed by atoms with Crippen LogP contribution in [0.4, 0.5) is 5.13 Å². The number of nitrogens with zero attached hydrogens (tertiary/aromatic N) is 4. The van der Waals surface area contributed by atoms with Crippen LogP contribution in [-0.2, 0) is 19.2 Å². The third-order valence-electron chi connectivity index (χ3n) is 6.15. The minimum absolute atomic E-state index is 0.0238. The van der Waals surface area contributed by atoms with Gasteiger partial charge >= 0.3 is 0 Å². The molecule has 0 saturated carbocycles. The molecule has 1 aromatic rings. The van der Waals surface area contributed by atoms with Gasteiger partial charge in [0, 0.05) is 43.7 Å². The van der Waals surface area contributed by atoms with Gasteiger partial charge in [-0.1, -0.05) is 0 Å². The van der Waals surface area contributed by atoms with Crippen LogP contribution >= 0.6 is 11.3 Å². The van der Waals surface area contributed by atoms with Crippen LogP contribution in [0.5, 0.6) is 0 Å². The van der Waals surface area contributed by atoms with Gasteiger partial charge in [0.1, 0.15) is 0 Å². The highest BCUT2D eigenvalue weighted by atomic mass is 32.1. The molecule has 1 aromatic heterocycles. The second-order valence-electron chi connectivity index (χ2n) is 8.56. The SMILES string of the molecule is CN(C)CC(=O)NC[C@H]1[C@H]2C[C@H](CN(c3nccs3)C2)[C@@H]2CCCC(=O)N21.O=CO.O=CO. The van der Waals surface area contributed by atoms with E-state index in [-0.39, 0.29) is 30.8 Å². The zero-order valence-electron chi connectivity index (χ0n) is 19.0. The Labute approximate surface area is 197 Å². The summed E-state index contributed by atoms with van der Waals surface area (Å²) in [5.41, 5.74) is 0. The van der Waals surface area contributed by atoms with Crippen molar-refractivity contribution in [1.29, 1.82) is 0 Å². The number of amides is 2. The number of nitrogens with one attached hydrogen (secondary N) is 1. The van der Waals surface area contributed by atoms with E-state index in [9.17, 15) is 9.59 Å². The van der Waals surface area contributed by atoms with Gasteiger partial charge in [0.2, 0.25) is 11.8 Å². The minimum Gasteiger partial charge on any atom is -0.483 e. The predicted molar refractivity (Wildman–Crippen MR) is 123 cm³/mol. The molecule has 12 heteroatoms. The Balaban J connectivity index is 0.000000582. The van der Waals surface area contributed by atoms with Gasteiger partial charge in [-0.2, -0.15) is 0 Å². The van der Waals surface area contributed by atoms with Crippen LogP contribution in [0, 0.1) is 11.8 Å². The average Bonchev–Trinajstić information content (AvgIpc) is 3.30. The fraction of sp³-hybridized carbons (Fsp3) is 0.667. The summed E-state index contributed by atoms with van der Waals surface area (Å²) >= 11 is 1.68. The van der Waals surface area contributed by atoms with Crippen LogP contribution in [0.25, 0.3) is 0 Å². The Hall–Kier alpha value is -2.73. The van der Waals surface area contributed by atoms with Gasteiger partial charge in [0.15, 0.2) is 5.13 Å². The fourth-order valence-corrected chi connectivity index (χ4v) is 5.79. The number of carbonyl (C=O) groups excluding carboxylic acids is 2. The number of hydrogen-bond acceptors (Lipinski definition) is 8. The monoisotopic (exact) mass is 483 g/mol. The van der Waals surface area contributed by atoms with Crippen molar-refractivity contribution in [1.82, 2.24) is 20.1 Å². The second kappa shape index (κ2) is 13.1. The van der Waals surface area contributed by atoms with E-state index >= 15 is 0 Å². The number of anilines is 1. The molecule has 4 heterocycles. The Morgan fingerprint density at radius 1 is 1.27 bits per heavy atom. The number of carbonyl (C=O) groups is 4. The number of likely N-dealkylation sites (N-methyl/N-ethyl adjacent to an activating group) is 1. The van der Waals surface area contributed by atoms with Crippen LogP contribution in [0.1, 0.15) is 25.7 Å². The first-order chi connectivity index (χ1) is 15.9. The normalized spacial score (nSPS) is 25.6. The van der Waals surface area contributed by atoms with Crippen molar-refractivity contribution in [2.75, 3.05) is 45.2 Å². The second-order valence-corrected chi connectivity index (χ2v) is 9.43. The van der Waals surface area contributed by atoms with Gasteiger partial charge in [0.25, 0.3) is 12.9 Å². The van der Waals surface area contributed by atoms with Crippen LogP contribution in [0.15, 0.2) is 11.6 Å². The molecule has 4 atom stereocenters. The molecule has 0 aliphatic carbocycles. The van der Waals surface area contributed by atoms with Crippen molar-refractivity contribution < 1.29 is 29.4 Å². The van der Waals surface area contributed by atoms with Gasteiger partial charge < -0.3 is 30.2 Å². The summed E-state index contributed by atoms with van der Waals surface area (Å²) in [5.74, 6) is 1.18. The molecule has 2 amide bonds. The van der Waals surface area contributed by atoms with Crippen LogP contribution in [-0.4, -0.2) is 102 Å². The van der Waals surface area contributed by atoms with E-state index in [0.29, 0.717) is 37.4 Å². The van der Waals surface area contributed by atoms with Gasteiger partial charge in [-0.05, 0) is 45.2 Å². The third kappa shape index (κ3) is 7.13. The van der Waals surface area contributed by atoms with Gasteiger partial charge in [-0.15, -0.1) is 11.3 Å². The van der Waals surface area contributed by atoms with E-state index < -0.39 is 0 Å². The molecular formula is C21H33N5O6S. The number of carboxylic acid groups (broad SMARTS) is 2. The maximum atomic E-state index is 12.8. The molecular weight excluding hydrogens is 450 g/mol. The van der Waals surface area contributed by atoms with Crippen LogP contribution in [0.3, 0.4) is 0 Å². The number of aromatic nitrogens is 1. The Kier molecular flexibility index (Phi) is 10.5. The topological polar surface area (TPSA) is 143 Å². The van der Waals surface area contributed by atoms with E-state index in [0.717, 1.165) is 37.5 Å². The smallest absolute Gasteiger partial charge is 0.290 e.